The van der Waals surface area contributed by atoms with Crippen LogP contribution in [0.1, 0.15) is 18.2 Å². The second kappa shape index (κ2) is 5.42. The number of hydrogen-bond donors (Lipinski definition) is 2. The molecule has 0 saturated carbocycles. The molecule has 1 aliphatic heterocycles. The first-order chi connectivity index (χ1) is 10.9. The predicted octanol–water partition coefficient (Wildman–Crippen LogP) is 1.13. The molecule has 2 heterocycles. The summed E-state index contributed by atoms with van der Waals surface area (Å²) in [6.07, 6.45) is 1.69. The molecule has 1 aromatic carbocycles. The van der Waals surface area contributed by atoms with Crippen molar-refractivity contribution >= 4 is 17.5 Å². The Hall–Kier alpha value is -2.83. The highest BCUT2D eigenvalue weighted by molar-refractivity contribution is 6.15. The van der Waals surface area contributed by atoms with Gasteiger partial charge in [0.1, 0.15) is 5.75 Å². The summed E-state index contributed by atoms with van der Waals surface area (Å²) < 4.78 is 7.40. The maximum absolute atomic E-state index is 12.5. The molecule has 3 rings (SSSR count). The third-order valence-corrected chi connectivity index (χ3v) is 4.09. The molecule has 2 aromatic rings. The highest BCUT2D eigenvalue weighted by Gasteiger charge is 2.47. The number of rotatable bonds is 3. The maximum atomic E-state index is 12.5. The number of aryl methyl sites for hydroxylation is 1. The van der Waals surface area contributed by atoms with E-state index in [2.05, 4.69) is 15.7 Å². The van der Waals surface area contributed by atoms with Crippen LogP contribution in [0.3, 0.4) is 0 Å². The van der Waals surface area contributed by atoms with Crippen molar-refractivity contribution in [3.8, 4) is 5.75 Å². The topological polar surface area (TPSA) is 85.2 Å². The summed E-state index contributed by atoms with van der Waals surface area (Å²) in [7, 11) is 1.83. The molecule has 120 valence electrons. The van der Waals surface area contributed by atoms with E-state index in [0.29, 0.717) is 11.4 Å². The molecule has 1 aromatic heterocycles. The molecule has 2 N–H and O–H groups in total. The number of anilines is 1. The van der Waals surface area contributed by atoms with Crippen LogP contribution in [-0.4, -0.2) is 27.2 Å². The molecule has 2 amide bonds. The van der Waals surface area contributed by atoms with Crippen molar-refractivity contribution < 1.29 is 14.3 Å². The summed E-state index contributed by atoms with van der Waals surface area (Å²) in [5.41, 5.74) is 0.798. The van der Waals surface area contributed by atoms with Gasteiger partial charge in [0.25, 0.3) is 17.4 Å². The second-order valence-electron chi connectivity index (χ2n) is 5.65. The molecular weight excluding hydrogens is 296 g/mol. The van der Waals surface area contributed by atoms with E-state index in [0.717, 1.165) is 11.3 Å². The van der Waals surface area contributed by atoms with Crippen molar-refractivity contribution in [3.63, 3.8) is 0 Å². The number of carbonyl (C=O) groups is 2. The Morgan fingerprint density at radius 1 is 1.43 bits per heavy atom. The third kappa shape index (κ3) is 2.54. The number of amides is 2. The molecule has 1 unspecified atom stereocenters. The van der Waals surface area contributed by atoms with Crippen LogP contribution in [0.4, 0.5) is 5.69 Å². The Balaban J connectivity index is 1.76. The Morgan fingerprint density at radius 2 is 2.17 bits per heavy atom. The average molecular weight is 314 g/mol. The van der Waals surface area contributed by atoms with E-state index < -0.39 is 17.4 Å². The van der Waals surface area contributed by atoms with Crippen molar-refractivity contribution in [2.75, 3.05) is 5.32 Å². The summed E-state index contributed by atoms with van der Waals surface area (Å²) in [6, 6.07) is 7.01. The fourth-order valence-corrected chi connectivity index (χ4v) is 2.38. The van der Waals surface area contributed by atoms with Gasteiger partial charge >= 0.3 is 0 Å². The van der Waals surface area contributed by atoms with Gasteiger partial charge in [0, 0.05) is 24.8 Å². The van der Waals surface area contributed by atoms with Gasteiger partial charge in [-0.15, -0.1) is 0 Å². The normalized spacial score (nSPS) is 19.5. The highest BCUT2D eigenvalue weighted by Crippen LogP contribution is 2.33. The average Bonchev–Trinajstić information content (AvgIpc) is 2.85. The molecule has 0 radical (unpaired) electrons. The van der Waals surface area contributed by atoms with Crippen molar-refractivity contribution in [3.05, 3.63) is 41.7 Å². The number of carbonyl (C=O) groups excluding carboxylic acids is 2. The number of fused-ring (bicyclic) bond motifs is 1. The van der Waals surface area contributed by atoms with Gasteiger partial charge in [-0.1, -0.05) is 12.1 Å². The zero-order valence-corrected chi connectivity index (χ0v) is 13.2. The summed E-state index contributed by atoms with van der Waals surface area (Å²) in [5, 5.41) is 9.57. The molecule has 7 heteroatoms. The van der Waals surface area contributed by atoms with E-state index >= 15 is 0 Å². The summed E-state index contributed by atoms with van der Waals surface area (Å²) in [6.45, 7) is 3.66. The molecule has 1 atom stereocenters. The van der Waals surface area contributed by atoms with Crippen LogP contribution in [0.5, 0.6) is 5.75 Å². The number of ether oxygens (including phenoxy) is 1. The number of aromatic nitrogens is 2. The van der Waals surface area contributed by atoms with E-state index in [4.69, 9.17) is 4.74 Å². The molecule has 1 aliphatic rings. The fourth-order valence-electron chi connectivity index (χ4n) is 2.38. The highest BCUT2D eigenvalue weighted by atomic mass is 16.5. The minimum absolute atomic E-state index is 0.284. The summed E-state index contributed by atoms with van der Waals surface area (Å²) in [4.78, 5) is 24.8. The lowest BCUT2D eigenvalue weighted by Crippen LogP contribution is -2.58. The van der Waals surface area contributed by atoms with Crippen LogP contribution < -0.4 is 15.4 Å². The Morgan fingerprint density at radius 3 is 2.87 bits per heavy atom. The number of nitrogens with zero attached hydrogens (tertiary/aromatic N) is 2. The molecule has 23 heavy (non-hydrogen) atoms. The minimum Gasteiger partial charge on any atom is -0.466 e. The van der Waals surface area contributed by atoms with E-state index in [9.17, 15) is 9.59 Å². The van der Waals surface area contributed by atoms with Gasteiger partial charge in [-0.05, 0) is 26.0 Å². The van der Waals surface area contributed by atoms with Crippen LogP contribution in [0.15, 0.2) is 30.5 Å². The van der Waals surface area contributed by atoms with Crippen LogP contribution in [0.25, 0.3) is 0 Å². The van der Waals surface area contributed by atoms with Crippen molar-refractivity contribution in [2.24, 2.45) is 7.05 Å². The third-order valence-electron chi connectivity index (χ3n) is 4.09. The van der Waals surface area contributed by atoms with Crippen LogP contribution >= 0.6 is 0 Å². The molecule has 7 nitrogen and oxygen atoms in total. The van der Waals surface area contributed by atoms with Gasteiger partial charge in [0.2, 0.25) is 0 Å². The van der Waals surface area contributed by atoms with Gasteiger partial charge in [-0.2, -0.15) is 5.10 Å². The van der Waals surface area contributed by atoms with Gasteiger partial charge in [-0.3, -0.25) is 14.3 Å². The monoisotopic (exact) mass is 314 g/mol. The van der Waals surface area contributed by atoms with Crippen molar-refractivity contribution in [1.29, 1.82) is 0 Å². The first-order valence-corrected chi connectivity index (χ1v) is 7.27. The quantitative estimate of drug-likeness (QED) is 0.832. The molecule has 0 fully saturated rings. The Labute approximate surface area is 133 Å². The number of benzene rings is 1. The van der Waals surface area contributed by atoms with Gasteiger partial charge in [0.05, 0.1) is 11.9 Å². The Bertz CT molecular complexity index is 783. The Kier molecular flexibility index (Phi) is 3.55. The number of nitrogens with one attached hydrogen (secondary N) is 2. The van der Waals surface area contributed by atoms with E-state index in [-0.39, 0.29) is 6.54 Å². The number of hydrogen-bond acceptors (Lipinski definition) is 4. The summed E-state index contributed by atoms with van der Waals surface area (Å²) in [5.74, 6) is -0.508. The SMILES string of the molecule is Cc1c(CNC(=O)C2(C)Oc3ccccc3NC2=O)cnn1C. The van der Waals surface area contributed by atoms with E-state index in [1.165, 1.54) is 6.92 Å². The molecule has 0 saturated heterocycles. The second-order valence-corrected chi connectivity index (χ2v) is 5.65. The zero-order chi connectivity index (χ0) is 16.6. The molecular formula is C16H18N4O3. The fraction of sp³-hybridized carbons (Fsp3) is 0.312. The zero-order valence-electron chi connectivity index (χ0n) is 13.2. The van der Waals surface area contributed by atoms with Crippen LogP contribution in [0, 0.1) is 6.92 Å². The van der Waals surface area contributed by atoms with E-state index in [1.54, 1.807) is 35.1 Å². The first-order valence-electron chi connectivity index (χ1n) is 7.27. The summed E-state index contributed by atoms with van der Waals surface area (Å²) >= 11 is 0. The van der Waals surface area contributed by atoms with Crippen LogP contribution in [-0.2, 0) is 23.2 Å². The molecule has 0 aliphatic carbocycles. The van der Waals surface area contributed by atoms with Gasteiger partial charge < -0.3 is 15.4 Å². The maximum Gasteiger partial charge on any atom is 0.278 e. The smallest absolute Gasteiger partial charge is 0.278 e. The van der Waals surface area contributed by atoms with E-state index in [1.807, 2.05) is 14.0 Å². The van der Waals surface area contributed by atoms with Crippen LogP contribution in [0.2, 0.25) is 0 Å². The lowest BCUT2D eigenvalue weighted by atomic mass is 10.0. The predicted molar refractivity (Wildman–Crippen MR) is 83.9 cm³/mol. The largest absolute Gasteiger partial charge is 0.466 e. The first kappa shape index (κ1) is 15.1. The standard InChI is InChI=1S/C16H18N4O3/c1-10-11(9-18-20(10)3)8-17-14(21)16(2)15(22)19-12-6-4-5-7-13(12)23-16/h4-7,9H,8H2,1-3H3,(H,17,21)(H,19,22). The lowest BCUT2D eigenvalue weighted by molar-refractivity contribution is -0.146. The number of para-hydroxylation sites is 2. The van der Waals surface area contributed by atoms with Crippen molar-refractivity contribution in [2.45, 2.75) is 26.0 Å². The minimum atomic E-state index is -1.61. The van der Waals surface area contributed by atoms with Gasteiger partial charge in [0.15, 0.2) is 0 Å². The van der Waals surface area contributed by atoms with Gasteiger partial charge in [-0.25, -0.2) is 0 Å². The molecule has 0 spiro atoms. The van der Waals surface area contributed by atoms with Crippen molar-refractivity contribution in [1.82, 2.24) is 15.1 Å². The molecule has 0 bridgehead atoms. The lowest BCUT2D eigenvalue weighted by Gasteiger charge is -2.33.